The van der Waals surface area contributed by atoms with Gasteiger partial charge in [-0.25, -0.2) is 4.98 Å². The van der Waals surface area contributed by atoms with Crippen LogP contribution in [0.25, 0.3) is 16.9 Å². The molecule has 0 saturated heterocycles. The molecule has 3 aromatic rings. The summed E-state index contributed by atoms with van der Waals surface area (Å²) in [6, 6.07) is 13.0. The molecule has 0 aliphatic heterocycles. The standard InChI is InChI=1S/C12H8N4O2/c17-16(18)12-8-13-11-7-6-10(14-15(11)12)9-4-2-1-3-5-9/h1-8H. The maximum Gasteiger partial charge on any atom is 0.368 e. The Labute approximate surface area is 102 Å². The lowest BCUT2D eigenvalue weighted by molar-refractivity contribution is -0.391. The molecule has 3 rings (SSSR count). The second kappa shape index (κ2) is 3.92. The predicted molar refractivity (Wildman–Crippen MR) is 65.1 cm³/mol. The Bertz CT molecular complexity index is 721. The molecule has 0 saturated carbocycles. The SMILES string of the molecule is O=[N+]([O-])c1cnc2ccc(-c3ccccc3)nn12. The molecule has 0 aliphatic rings. The summed E-state index contributed by atoms with van der Waals surface area (Å²) in [4.78, 5) is 14.3. The Morgan fingerprint density at radius 2 is 1.89 bits per heavy atom. The molecule has 88 valence electrons. The average molecular weight is 240 g/mol. The molecule has 0 spiro atoms. The van der Waals surface area contributed by atoms with E-state index < -0.39 is 4.92 Å². The van der Waals surface area contributed by atoms with Crippen LogP contribution in [0.15, 0.2) is 48.7 Å². The molecule has 0 atom stereocenters. The summed E-state index contributed by atoms with van der Waals surface area (Å²) in [5, 5.41) is 15.1. The zero-order valence-corrected chi connectivity index (χ0v) is 9.22. The molecule has 2 aromatic heterocycles. The fraction of sp³-hybridized carbons (Fsp3) is 0. The van der Waals surface area contributed by atoms with E-state index in [0.717, 1.165) is 5.56 Å². The molecule has 18 heavy (non-hydrogen) atoms. The Balaban J connectivity index is 2.21. The topological polar surface area (TPSA) is 73.3 Å². The first-order valence-electron chi connectivity index (χ1n) is 5.30. The first kappa shape index (κ1) is 10.4. The molecule has 6 heteroatoms. The van der Waals surface area contributed by atoms with Gasteiger partial charge in [0.1, 0.15) is 11.9 Å². The van der Waals surface area contributed by atoms with Gasteiger partial charge in [0.25, 0.3) is 0 Å². The van der Waals surface area contributed by atoms with Crippen molar-refractivity contribution in [1.82, 2.24) is 14.6 Å². The van der Waals surface area contributed by atoms with E-state index in [-0.39, 0.29) is 5.82 Å². The third-order valence-electron chi connectivity index (χ3n) is 2.60. The van der Waals surface area contributed by atoms with E-state index in [1.807, 2.05) is 30.3 Å². The zero-order chi connectivity index (χ0) is 12.5. The summed E-state index contributed by atoms with van der Waals surface area (Å²) in [6.45, 7) is 0. The van der Waals surface area contributed by atoms with Gasteiger partial charge < -0.3 is 10.1 Å². The van der Waals surface area contributed by atoms with Crippen molar-refractivity contribution >= 4 is 11.5 Å². The predicted octanol–water partition coefficient (Wildman–Crippen LogP) is 2.30. The largest absolute Gasteiger partial charge is 0.368 e. The maximum atomic E-state index is 10.8. The highest BCUT2D eigenvalue weighted by Crippen LogP contribution is 2.19. The van der Waals surface area contributed by atoms with Crippen molar-refractivity contribution in [3.05, 3.63) is 58.8 Å². The quantitative estimate of drug-likeness (QED) is 0.509. The second-order valence-corrected chi connectivity index (χ2v) is 3.73. The number of hydrogen-bond acceptors (Lipinski definition) is 4. The van der Waals surface area contributed by atoms with Gasteiger partial charge in [-0.3, -0.25) is 0 Å². The van der Waals surface area contributed by atoms with E-state index in [9.17, 15) is 10.1 Å². The third kappa shape index (κ3) is 1.60. The van der Waals surface area contributed by atoms with Gasteiger partial charge in [-0.15, -0.1) is 0 Å². The number of rotatable bonds is 2. The Kier molecular flexibility index (Phi) is 2.26. The summed E-state index contributed by atoms with van der Waals surface area (Å²) < 4.78 is 1.24. The number of nitrogens with zero attached hydrogens (tertiary/aromatic N) is 4. The number of hydrogen-bond donors (Lipinski definition) is 0. The maximum absolute atomic E-state index is 10.8. The number of aromatic nitrogens is 3. The minimum atomic E-state index is -0.498. The van der Waals surface area contributed by atoms with Gasteiger partial charge >= 0.3 is 5.82 Å². The lowest BCUT2D eigenvalue weighted by atomic mass is 10.1. The zero-order valence-electron chi connectivity index (χ0n) is 9.22. The molecule has 0 bridgehead atoms. The van der Waals surface area contributed by atoms with Crippen LogP contribution in [0.3, 0.4) is 0 Å². The highest BCUT2D eigenvalue weighted by atomic mass is 16.6. The minimum absolute atomic E-state index is 0.136. The third-order valence-corrected chi connectivity index (χ3v) is 2.60. The Morgan fingerprint density at radius 3 is 2.61 bits per heavy atom. The van der Waals surface area contributed by atoms with Gasteiger partial charge in [-0.2, -0.15) is 0 Å². The van der Waals surface area contributed by atoms with Crippen molar-refractivity contribution in [2.45, 2.75) is 0 Å². The normalized spacial score (nSPS) is 10.7. The molecule has 0 aliphatic carbocycles. The molecular weight excluding hydrogens is 232 g/mol. The van der Waals surface area contributed by atoms with Crippen molar-refractivity contribution < 1.29 is 4.92 Å². The van der Waals surface area contributed by atoms with Gasteiger partial charge in [-0.1, -0.05) is 39.9 Å². The summed E-state index contributed by atoms with van der Waals surface area (Å²) in [5.41, 5.74) is 2.04. The molecule has 0 N–H and O–H groups in total. The molecular formula is C12H8N4O2. The van der Waals surface area contributed by atoms with E-state index in [0.29, 0.717) is 11.3 Å². The van der Waals surface area contributed by atoms with E-state index in [1.165, 1.54) is 10.7 Å². The first-order chi connectivity index (χ1) is 8.75. The van der Waals surface area contributed by atoms with Crippen LogP contribution in [0.1, 0.15) is 0 Å². The molecule has 0 unspecified atom stereocenters. The summed E-state index contributed by atoms with van der Waals surface area (Å²) in [5.74, 6) is -0.136. The minimum Gasteiger partial charge on any atom is -0.358 e. The smallest absolute Gasteiger partial charge is 0.358 e. The molecule has 0 amide bonds. The number of nitro groups is 1. The highest BCUT2D eigenvalue weighted by molar-refractivity contribution is 5.60. The highest BCUT2D eigenvalue weighted by Gasteiger charge is 2.16. The van der Waals surface area contributed by atoms with E-state index in [4.69, 9.17) is 0 Å². The lowest BCUT2D eigenvalue weighted by Gasteiger charge is -1.98. The molecule has 0 radical (unpaired) electrons. The first-order valence-corrected chi connectivity index (χ1v) is 5.30. The molecule has 1 aromatic carbocycles. The Hall–Kier alpha value is -2.76. The van der Waals surface area contributed by atoms with Crippen LogP contribution < -0.4 is 0 Å². The second-order valence-electron chi connectivity index (χ2n) is 3.73. The van der Waals surface area contributed by atoms with Crippen LogP contribution >= 0.6 is 0 Å². The fourth-order valence-electron chi connectivity index (χ4n) is 1.75. The monoisotopic (exact) mass is 240 g/mol. The van der Waals surface area contributed by atoms with Gasteiger partial charge in [-0.05, 0) is 11.0 Å². The van der Waals surface area contributed by atoms with Crippen molar-refractivity contribution in [2.75, 3.05) is 0 Å². The van der Waals surface area contributed by atoms with Crippen LogP contribution in [0.2, 0.25) is 0 Å². The van der Waals surface area contributed by atoms with Gasteiger partial charge in [0.15, 0.2) is 0 Å². The van der Waals surface area contributed by atoms with Crippen LogP contribution in [0.4, 0.5) is 5.82 Å². The van der Waals surface area contributed by atoms with Crippen LogP contribution in [0.5, 0.6) is 0 Å². The summed E-state index contributed by atoms with van der Waals surface area (Å²) in [7, 11) is 0. The molecule has 6 nitrogen and oxygen atoms in total. The summed E-state index contributed by atoms with van der Waals surface area (Å²) in [6.07, 6.45) is 1.21. The summed E-state index contributed by atoms with van der Waals surface area (Å²) >= 11 is 0. The van der Waals surface area contributed by atoms with Gasteiger partial charge in [0.2, 0.25) is 5.65 Å². The van der Waals surface area contributed by atoms with Gasteiger partial charge in [0.05, 0.1) is 0 Å². The number of imidazole rings is 1. The van der Waals surface area contributed by atoms with Crippen LogP contribution in [0, 0.1) is 10.1 Å². The van der Waals surface area contributed by atoms with E-state index in [2.05, 4.69) is 10.1 Å². The van der Waals surface area contributed by atoms with Gasteiger partial charge in [0, 0.05) is 11.6 Å². The average Bonchev–Trinajstić information content (AvgIpc) is 2.82. The lowest BCUT2D eigenvalue weighted by Crippen LogP contribution is -1.99. The number of fused-ring (bicyclic) bond motifs is 1. The van der Waals surface area contributed by atoms with Crippen molar-refractivity contribution in [3.63, 3.8) is 0 Å². The van der Waals surface area contributed by atoms with Crippen LogP contribution in [-0.2, 0) is 0 Å². The fourth-order valence-corrected chi connectivity index (χ4v) is 1.75. The molecule has 2 heterocycles. The Morgan fingerprint density at radius 1 is 1.11 bits per heavy atom. The van der Waals surface area contributed by atoms with Crippen molar-refractivity contribution in [1.29, 1.82) is 0 Å². The van der Waals surface area contributed by atoms with Crippen LogP contribution in [-0.4, -0.2) is 19.5 Å². The van der Waals surface area contributed by atoms with Crippen molar-refractivity contribution in [3.8, 4) is 11.3 Å². The van der Waals surface area contributed by atoms with Crippen molar-refractivity contribution in [2.24, 2.45) is 0 Å². The van der Waals surface area contributed by atoms with E-state index in [1.54, 1.807) is 12.1 Å². The van der Waals surface area contributed by atoms with E-state index >= 15 is 0 Å². The number of benzene rings is 1. The molecule has 0 fully saturated rings.